The first-order chi connectivity index (χ1) is 15.0. The van der Waals surface area contributed by atoms with E-state index in [-0.39, 0.29) is 51.4 Å². The molecule has 0 aliphatic heterocycles. The average Bonchev–Trinajstić information content (AvgIpc) is 2.73. The van der Waals surface area contributed by atoms with E-state index in [2.05, 4.69) is 13.8 Å². The van der Waals surface area contributed by atoms with Crippen LogP contribution in [0.3, 0.4) is 0 Å². The van der Waals surface area contributed by atoms with Crippen molar-refractivity contribution >= 4 is 10.1 Å². The van der Waals surface area contributed by atoms with Gasteiger partial charge in [-0.2, -0.15) is 0 Å². The van der Waals surface area contributed by atoms with Crippen LogP contribution in [0.15, 0.2) is 0 Å². The Hall–Kier alpha value is 1.55. The van der Waals surface area contributed by atoms with Gasteiger partial charge >= 0.3 is 51.4 Å². The maximum absolute atomic E-state index is 11.6. The van der Waals surface area contributed by atoms with Crippen LogP contribution in [-0.4, -0.2) is 18.2 Å². The summed E-state index contributed by atoms with van der Waals surface area (Å²) >= 11 is 0. The van der Waals surface area contributed by atoms with Gasteiger partial charge in [-0.25, -0.2) is 8.42 Å². The van der Waals surface area contributed by atoms with Crippen LogP contribution < -0.4 is 51.4 Å². The molecule has 0 fully saturated rings. The van der Waals surface area contributed by atoms with Gasteiger partial charge < -0.3 is 4.55 Å². The van der Waals surface area contributed by atoms with Crippen LogP contribution in [-0.2, 0) is 10.1 Å². The molecule has 0 aromatic carbocycles. The van der Waals surface area contributed by atoms with Crippen molar-refractivity contribution in [2.75, 3.05) is 0 Å². The zero-order valence-electron chi connectivity index (χ0n) is 22.2. The van der Waals surface area contributed by atoms with Crippen LogP contribution in [0.2, 0.25) is 0 Å². The Morgan fingerprint density at radius 2 is 0.688 bits per heavy atom. The van der Waals surface area contributed by atoms with Gasteiger partial charge in [0.1, 0.15) is 0 Å². The van der Waals surface area contributed by atoms with Gasteiger partial charge in [-0.15, -0.1) is 0 Å². The molecule has 0 N–H and O–H groups in total. The third-order valence-corrected chi connectivity index (χ3v) is 7.96. The average molecular weight is 499 g/mol. The van der Waals surface area contributed by atoms with E-state index in [9.17, 15) is 13.0 Å². The summed E-state index contributed by atoms with van der Waals surface area (Å²) in [5.74, 6) is 0. The van der Waals surface area contributed by atoms with Gasteiger partial charge in [-0.05, 0) is 12.8 Å². The van der Waals surface area contributed by atoms with Gasteiger partial charge in [0.15, 0.2) is 0 Å². The van der Waals surface area contributed by atoms with E-state index in [1.807, 2.05) is 0 Å². The second-order valence-electron chi connectivity index (χ2n) is 9.76. The quantitative estimate of drug-likeness (QED) is 0.0842. The van der Waals surface area contributed by atoms with Crippen LogP contribution >= 0.6 is 0 Å². The van der Waals surface area contributed by atoms with E-state index in [0.29, 0.717) is 12.8 Å². The largest absolute Gasteiger partial charge is 1.00 e. The Morgan fingerprint density at radius 3 is 0.906 bits per heavy atom. The van der Waals surface area contributed by atoms with Gasteiger partial charge in [-0.1, -0.05) is 155 Å². The Bertz CT molecular complexity index is 454. The number of hydrogen-bond acceptors (Lipinski definition) is 3. The molecule has 0 radical (unpaired) electrons. The second-order valence-corrected chi connectivity index (χ2v) is 11.4. The maximum Gasteiger partial charge on any atom is 1.00 e. The standard InChI is InChI=1S/C27H56O3S.K/c1-3-5-7-9-11-13-14-15-16-17-18-20-22-24-26-27(31(28,29)30)25-23-21-19-12-10-8-6-4-2;/h27H,3-26H2,1-2H3,(H,28,29,30);/q;+1/p-1. The normalized spacial score (nSPS) is 12.6. The smallest absolute Gasteiger partial charge is 0.748 e. The zero-order chi connectivity index (χ0) is 23.0. The molecule has 1 unspecified atom stereocenters. The molecule has 0 aromatic heterocycles. The topological polar surface area (TPSA) is 57.2 Å². The summed E-state index contributed by atoms with van der Waals surface area (Å²) in [6.45, 7) is 4.49. The van der Waals surface area contributed by atoms with Crippen molar-refractivity contribution < 1.29 is 64.4 Å². The molecule has 1 atom stereocenters. The molecule has 0 saturated carbocycles. The van der Waals surface area contributed by atoms with Gasteiger partial charge in [0.2, 0.25) is 0 Å². The van der Waals surface area contributed by atoms with E-state index < -0.39 is 15.4 Å². The summed E-state index contributed by atoms with van der Waals surface area (Å²) in [4.78, 5) is 0. The van der Waals surface area contributed by atoms with Crippen molar-refractivity contribution in [1.29, 1.82) is 0 Å². The van der Waals surface area contributed by atoms with Crippen LogP contribution in [0.25, 0.3) is 0 Å². The van der Waals surface area contributed by atoms with E-state index in [1.54, 1.807) is 0 Å². The predicted molar refractivity (Wildman–Crippen MR) is 136 cm³/mol. The third-order valence-electron chi connectivity index (χ3n) is 6.67. The van der Waals surface area contributed by atoms with Gasteiger partial charge in [-0.3, -0.25) is 0 Å². The first-order valence-corrected chi connectivity index (χ1v) is 15.4. The first kappa shape index (κ1) is 35.7. The fraction of sp³-hybridized carbons (Fsp3) is 1.00. The summed E-state index contributed by atoms with van der Waals surface area (Å²) in [6, 6.07) is 0. The Balaban J connectivity index is 0. The summed E-state index contributed by atoms with van der Waals surface area (Å²) in [6.07, 6.45) is 28.8. The molecule has 5 heteroatoms. The minimum Gasteiger partial charge on any atom is -0.748 e. The summed E-state index contributed by atoms with van der Waals surface area (Å²) < 4.78 is 34.7. The minimum atomic E-state index is -4.14. The van der Waals surface area contributed by atoms with Gasteiger partial charge in [0.05, 0.1) is 10.1 Å². The third kappa shape index (κ3) is 26.2. The molecular formula is C27H55KO3S. The van der Waals surface area contributed by atoms with Gasteiger partial charge in [0.25, 0.3) is 0 Å². The number of hydrogen-bond donors (Lipinski definition) is 0. The molecule has 188 valence electrons. The molecule has 0 aromatic rings. The van der Waals surface area contributed by atoms with Crippen LogP contribution in [0, 0.1) is 0 Å². The van der Waals surface area contributed by atoms with Crippen LogP contribution in [0.1, 0.15) is 168 Å². The molecule has 3 nitrogen and oxygen atoms in total. The Labute approximate surface area is 245 Å². The van der Waals surface area contributed by atoms with Crippen molar-refractivity contribution in [3.8, 4) is 0 Å². The van der Waals surface area contributed by atoms with Crippen molar-refractivity contribution in [2.24, 2.45) is 0 Å². The molecular weight excluding hydrogens is 443 g/mol. The Morgan fingerprint density at radius 1 is 0.469 bits per heavy atom. The second kappa shape index (κ2) is 27.1. The summed E-state index contributed by atoms with van der Waals surface area (Å²) in [5, 5.41) is -0.648. The molecule has 32 heavy (non-hydrogen) atoms. The molecule has 0 aliphatic rings. The van der Waals surface area contributed by atoms with Crippen molar-refractivity contribution in [2.45, 2.75) is 173 Å². The van der Waals surface area contributed by atoms with Crippen molar-refractivity contribution in [1.82, 2.24) is 0 Å². The van der Waals surface area contributed by atoms with E-state index in [4.69, 9.17) is 0 Å². The Kier molecular flexibility index (Phi) is 30.3. The molecule has 0 aliphatic carbocycles. The first-order valence-electron chi connectivity index (χ1n) is 14.0. The van der Waals surface area contributed by atoms with Crippen molar-refractivity contribution in [3.05, 3.63) is 0 Å². The zero-order valence-corrected chi connectivity index (χ0v) is 26.1. The summed E-state index contributed by atoms with van der Waals surface area (Å²) in [7, 11) is -4.14. The van der Waals surface area contributed by atoms with E-state index in [1.165, 1.54) is 116 Å². The van der Waals surface area contributed by atoms with Crippen molar-refractivity contribution in [3.63, 3.8) is 0 Å². The summed E-state index contributed by atoms with van der Waals surface area (Å²) in [5.41, 5.74) is 0. The van der Waals surface area contributed by atoms with E-state index in [0.717, 1.165) is 25.7 Å². The maximum atomic E-state index is 11.6. The van der Waals surface area contributed by atoms with Gasteiger partial charge in [0, 0.05) is 5.25 Å². The molecule has 0 heterocycles. The monoisotopic (exact) mass is 498 g/mol. The van der Waals surface area contributed by atoms with Crippen LogP contribution in [0.4, 0.5) is 0 Å². The molecule has 0 bridgehead atoms. The molecule has 0 spiro atoms. The predicted octanol–water partition coefficient (Wildman–Crippen LogP) is 6.31. The fourth-order valence-electron chi connectivity index (χ4n) is 4.51. The number of rotatable bonds is 25. The minimum absolute atomic E-state index is 0. The van der Waals surface area contributed by atoms with Crippen LogP contribution in [0.5, 0.6) is 0 Å². The number of unbranched alkanes of at least 4 members (excludes halogenated alkanes) is 20. The SMILES string of the molecule is CCCCCCCCCCCCCCCCC(CCCCCCCCCC)S(=O)(=O)[O-].[K+]. The van der Waals surface area contributed by atoms with E-state index >= 15 is 0 Å². The molecule has 0 saturated heterocycles. The molecule has 0 rings (SSSR count). The fourth-order valence-corrected chi connectivity index (χ4v) is 5.42. The molecule has 0 amide bonds.